The van der Waals surface area contributed by atoms with E-state index in [1.54, 1.807) is 48.5 Å². The molecule has 0 aromatic heterocycles. The van der Waals surface area contributed by atoms with E-state index in [0.717, 1.165) is 62.0 Å². The van der Waals surface area contributed by atoms with Crippen LogP contribution in [0.3, 0.4) is 0 Å². The summed E-state index contributed by atoms with van der Waals surface area (Å²) in [6.07, 6.45) is 11.5. The number of esters is 2. The van der Waals surface area contributed by atoms with E-state index in [9.17, 15) is 9.59 Å². The molecule has 2 aliphatic carbocycles. The molecule has 0 amide bonds. The number of carbonyl (C=O) groups excluding carboxylic acids is 2. The molecule has 2 aromatic carbocycles. The maximum absolute atomic E-state index is 12.8. The molecule has 206 valence electrons. The quantitative estimate of drug-likeness (QED) is 0.245. The van der Waals surface area contributed by atoms with Crippen LogP contribution in [0.15, 0.2) is 48.5 Å². The van der Waals surface area contributed by atoms with Crippen molar-refractivity contribution in [2.45, 2.75) is 97.5 Å². The summed E-state index contributed by atoms with van der Waals surface area (Å²) >= 11 is 0. The SMILES string of the molecule is CCCC(C)(C)Oc1ccc(C(=O)Oc2ccc(OC(=O)C3CCC(C4CCC(C)CC4)CC3)cc2)cc1. The molecule has 0 heterocycles. The number of hydrogen-bond donors (Lipinski definition) is 0. The minimum absolute atomic E-state index is 0.0224. The van der Waals surface area contributed by atoms with Crippen LogP contribution < -0.4 is 14.2 Å². The third-order valence-electron chi connectivity index (χ3n) is 8.42. The Morgan fingerprint density at radius 1 is 0.737 bits per heavy atom. The molecule has 4 rings (SSSR count). The van der Waals surface area contributed by atoms with Crippen LogP contribution in [0, 0.1) is 23.7 Å². The lowest BCUT2D eigenvalue weighted by atomic mass is 9.69. The summed E-state index contributed by atoms with van der Waals surface area (Å²) in [6, 6.07) is 13.7. The van der Waals surface area contributed by atoms with Crippen LogP contribution in [0.25, 0.3) is 0 Å². The van der Waals surface area contributed by atoms with E-state index >= 15 is 0 Å². The van der Waals surface area contributed by atoms with Crippen molar-refractivity contribution in [3.63, 3.8) is 0 Å². The third-order valence-corrected chi connectivity index (χ3v) is 8.42. The van der Waals surface area contributed by atoms with Crippen LogP contribution in [0.5, 0.6) is 17.2 Å². The summed E-state index contributed by atoms with van der Waals surface area (Å²) in [7, 11) is 0. The predicted octanol–water partition coefficient (Wildman–Crippen LogP) is 8.40. The van der Waals surface area contributed by atoms with E-state index in [1.807, 2.05) is 0 Å². The second-order valence-corrected chi connectivity index (χ2v) is 12.0. The monoisotopic (exact) mass is 520 g/mol. The molecular weight excluding hydrogens is 476 g/mol. The molecule has 0 spiro atoms. The Labute approximate surface area is 228 Å². The predicted molar refractivity (Wildman–Crippen MR) is 150 cm³/mol. The number of rotatable bonds is 9. The largest absolute Gasteiger partial charge is 0.488 e. The van der Waals surface area contributed by atoms with Crippen molar-refractivity contribution in [2.24, 2.45) is 23.7 Å². The summed E-state index contributed by atoms with van der Waals surface area (Å²) in [6.45, 7) is 8.61. The first kappa shape index (κ1) is 28.2. The summed E-state index contributed by atoms with van der Waals surface area (Å²) in [4.78, 5) is 25.4. The van der Waals surface area contributed by atoms with E-state index in [0.29, 0.717) is 17.1 Å². The number of hydrogen-bond acceptors (Lipinski definition) is 5. The second kappa shape index (κ2) is 12.8. The Kier molecular flexibility index (Phi) is 9.51. The van der Waals surface area contributed by atoms with Gasteiger partial charge in [0.05, 0.1) is 11.5 Å². The van der Waals surface area contributed by atoms with Crippen LogP contribution in [-0.2, 0) is 4.79 Å². The lowest BCUT2D eigenvalue weighted by molar-refractivity contribution is -0.140. The van der Waals surface area contributed by atoms with E-state index < -0.39 is 5.97 Å². The van der Waals surface area contributed by atoms with Crippen molar-refractivity contribution >= 4 is 11.9 Å². The fraction of sp³-hybridized carbons (Fsp3) is 0.576. The molecule has 2 saturated carbocycles. The molecule has 0 aliphatic heterocycles. The van der Waals surface area contributed by atoms with Gasteiger partial charge in [0.25, 0.3) is 0 Å². The van der Waals surface area contributed by atoms with Crippen molar-refractivity contribution in [2.75, 3.05) is 0 Å². The molecule has 0 radical (unpaired) electrons. The molecule has 2 fully saturated rings. The highest BCUT2D eigenvalue weighted by Crippen LogP contribution is 2.41. The van der Waals surface area contributed by atoms with E-state index in [1.165, 1.54) is 25.7 Å². The molecule has 2 aromatic rings. The number of carbonyl (C=O) groups is 2. The van der Waals surface area contributed by atoms with Gasteiger partial charge in [-0.3, -0.25) is 4.79 Å². The Morgan fingerprint density at radius 3 is 1.79 bits per heavy atom. The molecule has 5 heteroatoms. The van der Waals surface area contributed by atoms with Crippen molar-refractivity contribution < 1.29 is 23.8 Å². The summed E-state index contributed by atoms with van der Waals surface area (Å²) in [5.74, 6) is 3.50. The maximum Gasteiger partial charge on any atom is 0.343 e. The van der Waals surface area contributed by atoms with Gasteiger partial charge in [0.1, 0.15) is 22.8 Å². The third kappa shape index (κ3) is 7.85. The molecule has 5 nitrogen and oxygen atoms in total. The fourth-order valence-corrected chi connectivity index (χ4v) is 6.16. The van der Waals surface area contributed by atoms with Gasteiger partial charge < -0.3 is 14.2 Å². The van der Waals surface area contributed by atoms with Crippen LogP contribution in [0.4, 0.5) is 0 Å². The molecule has 0 bridgehead atoms. The van der Waals surface area contributed by atoms with Gasteiger partial charge >= 0.3 is 11.9 Å². The first-order chi connectivity index (χ1) is 18.2. The van der Waals surface area contributed by atoms with Gasteiger partial charge in [0.2, 0.25) is 0 Å². The minimum Gasteiger partial charge on any atom is -0.488 e. The first-order valence-electron chi connectivity index (χ1n) is 14.6. The molecular formula is C33H44O5. The van der Waals surface area contributed by atoms with Gasteiger partial charge in [-0.2, -0.15) is 0 Å². The van der Waals surface area contributed by atoms with Gasteiger partial charge in [0.15, 0.2) is 0 Å². The van der Waals surface area contributed by atoms with Gasteiger partial charge in [-0.25, -0.2) is 4.79 Å². The average Bonchev–Trinajstić information content (AvgIpc) is 2.90. The van der Waals surface area contributed by atoms with Crippen molar-refractivity contribution in [1.82, 2.24) is 0 Å². The number of ether oxygens (including phenoxy) is 3. The Morgan fingerprint density at radius 2 is 1.24 bits per heavy atom. The lowest BCUT2D eigenvalue weighted by Gasteiger charge is -2.36. The average molecular weight is 521 g/mol. The maximum atomic E-state index is 12.8. The van der Waals surface area contributed by atoms with Crippen molar-refractivity contribution in [3.05, 3.63) is 54.1 Å². The molecule has 2 aliphatic rings. The summed E-state index contributed by atoms with van der Waals surface area (Å²) < 4.78 is 17.2. The lowest BCUT2D eigenvalue weighted by Crippen LogP contribution is -2.29. The van der Waals surface area contributed by atoms with Gasteiger partial charge in [0, 0.05) is 0 Å². The summed E-state index contributed by atoms with van der Waals surface area (Å²) in [5.41, 5.74) is 0.189. The standard InChI is InChI=1S/C33H44O5/c1-5-22-33(3,4)38-30-16-14-27(15-17-30)32(35)37-29-20-18-28(19-21-29)36-31(34)26-12-10-25(11-13-26)24-8-6-23(2)7-9-24/h14-21,23-26H,5-13,22H2,1-4H3. The van der Waals surface area contributed by atoms with Crippen LogP contribution in [0.1, 0.15) is 102 Å². The van der Waals surface area contributed by atoms with Crippen molar-refractivity contribution in [3.8, 4) is 17.2 Å². The Balaban J connectivity index is 1.23. The van der Waals surface area contributed by atoms with Crippen molar-refractivity contribution in [1.29, 1.82) is 0 Å². The second-order valence-electron chi connectivity index (χ2n) is 12.0. The zero-order valence-electron chi connectivity index (χ0n) is 23.5. The summed E-state index contributed by atoms with van der Waals surface area (Å²) in [5, 5.41) is 0. The highest BCUT2D eigenvalue weighted by molar-refractivity contribution is 5.91. The minimum atomic E-state index is -0.446. The first-order valence-corrected chi connectivity index (χ1v) is 14.6. The van der Waals surface area contributed by atoms with E-state index in [2.05, 4.69) is 27.7 Å². The number of benzene rings is 2. The molecule has 38 heavy (non-hydrogen) atoms. The molecule has 0 N–H and O–H groups in total. The van der Waals surface area contributed by atoms with Crippen LogP contribution in [0.2, 0.25) is 0 Å². The Bertz CT molecular complexity index is 1040. The van der Waals surface area contributed by atoms with Crippen LogP contribution in [-0.4, -0.2) is 17.5 Å². The normalized spacial score (nSPS) is 23.9. The van der Waals surface area contributed by atoms with E-state index in [-0.39, 0.29) is 17.5 Å². The highest BCUT2D eigenvalue weighted by atomic mass is 16.5. The van der Waals surface area contributed by atoms with Gasteiger partial charge in [-0.05, 0) is 125 Å². The Hall–Kier alpha value is -2.82. The molecule has 0 atom stereocenters. The van der Waals surface area contributed by atoms with E-state index in [4.69, 9.17) is 14.2 Å². The topological polar surface area (TPSA) is 61.8 Å². The molecule has 0 unspecified atom stereocenters. The smallest absolute Gasteiger partial charge is 0.343 e. The van der Waals surface area contributed by atoms with Crippen LogP contribution >= 0.6 is 0 Å². The fourth-order valence-electron chi connectivity index (χ4n) is 6.16. The van der Waals surface area contributed by atoms with Gasteiger partial charge in [-0.15, -0.1) is 0 Å². The molecule has 0 saturated heterocycles. The zero-order valence-corrected chi connectivity index (χ0v) is 23.5. The highest BCUT2D eigenvalue weighted by Gasteiger charge is 2.33. The zero-order chi connectivity index (χ0) is 27.1. The van der Waals surface area contributed by atoms with Gasteiger partial charge in [-0.1, -0.05) is 33.1 Å².